The molecule has 3 nitrogen and oxygen atoms in total. The van der Waals surface area contributed by atoms with Crippen molar-refractivity contribution in [3.63, 3.8) is 0 Å². The first kappa shape index (κ1) is 11.5. The highest BCUT2D eigenvalue weighted by molar-refractivity contribution is 9.10. The van der Waals surface area contributed by atoms with E-state index in [1.165, 1.54) is 0 Å². The maximum Gasteiger partial charge on any atom is 0.136 e. The van der Waals surface area contributed by atoms with Gasteiger partial charge in [-0.25, -0.2) is 5.90 Å². The molecule has 14 heavy (non-hydrogen) atoms. The van der Waals surface area contributed by atoms with Crippen LogP contribution in [-0.4, -0.2) is 13.7 Å². The zero-order valence-electron chi connectivity index (χ0n) is 8.34. The van der Waals surface area contributed by atoms with Gasteiger partial charge in [0.25, 0.3) is 0 Å². The molecule has 0 saturated carbocycles. The summed E-state index contributed by atoms with van der Waals surface area (Å²) in [6.07, 6.45) is 0.772. The van der Waals surface area contributed by atoms with E-state index in [0.29, 0.717) is 6.61 Å². The maximum absolute atomic E-state index is 5.28. The fraction of sp³-hybridized carbons (Fsp3) is 0.400. The van der Waals surface area contributed by atoms with Crippen LogP contribution in [0.4, 0.5) is 0 Å². The van der Waals surface area contributed by atoms with E-state index in [-0.39, 0.29) is 0 Å². The molecule has 0 amide bonds. The molecular formula is C10H14BrNO2. The Bertz CT molecular complexity index is 315. The SMILES string of the molecule is COc1c(C)ccc(CCON)c1Br. The summed E-state index contributed by atoms with van der Waals surface area (Å²) in [4.78, 5) is 4.54. The van der Waals surface area contributed by atoms with Crippen LogP contribution in [0.5, 0.6) is 5.75 Å². The first-order chi connectivity index (χ1) is 6.70. The Morgan fingerprint density at radius 1 is 1.43 bits per heavy atom. The van der Waals surface area contributed by atoms with Gasteiger partial charge in [0, 0.05) is 0 Å². The summed E-state index contributed by atoms with van der Waals surface area (Å²) in [6, 6.07) is 4.07. The highest BCUT2D eigenvalue weighted by Gasteiger charge is 2.08. The van der Waals surface area contributed by atoms with E-state index >= 15 is 0 Å². The van der Waals surface area contributed by atoms with Crippen molar-refractivity contribution in [3.05, 3.63) is 27.7 Å². The monoisotopic (exact) mass is 259 g/mol. The van der Waals surface area contributed by atoms with Crippen LogP contribution in [0.3, 0.4) is 0 Å². The Balaban J connectivity index is 2.96. The highest BCUT2D eigenvalue weighted by atomic mass is 79.9. The number of nitrogens with two attached hydrogens (primary N) is 1. The quantitative estimate of drug-likeness (QED) is 0.844. The van der Waals surface area contributed by atoms with E-state index in [1.54, 1.807) is 7.11 Å². The number of hydrogen-bond acceptors (Lipinski definition) is 3. The normalized spacial score (nSPS) is 10.3. The number of rotatable bonds is 4. The van der Waals surface area contributed by atoms with Crippen LogP contribution < -0.4 is 10.6 Å². The summed E-state index contributed by atoms with van der Waals surface area (Å²) in [6.45, 7) is 2.51. The summed E-state index contributed by atoms with van der Waals surface area (Å²) in [7, 11) is 1.66. The smallest absolute Gasteiger partial charge is 0.136 e. The molecule has 0 saturated heterocycles. The Kier molecular flexibility index (Phi) is 4.38. The lowest BCUT2D eigenvalue weighted by molar-refractivity contribution is 0.141. The highest BCUT2D eigenvalue weighted by Crippen LogP contribution is 2.32. The van der Waals surface area contributed by atoms with E-state index in [4.69, 9.17) is 10.6 Å². The standard InChI is InChI=1S/C10H14BrNO2/c1-7-3-4-8(5-6-14-12)9(11)10(7)13-2/h3-4H,5-6,12H2,1-2H3. The number of aryl methyl sites for hydroxylation is 1. The van der Waals surface area contributed by atoms with Crippen molar-refractivity contribution in [2.45, 2.75) is 13.3 Å². The molecule has 0 spiro atoms. The maximum atomic E-state index is 5.28. The minimum atomic E-state index is 0.505. The van der Waals surface area contributed by atoms with Crippen molar-refractivity contribution in [1.82, 2.24) is 0 Å². The molecule has 4 heteroatoms. The second-order valence-corrected chi connectivity index (χ2v) is 3.80. The van der Waals surface area contributed by atoms with E-state index in [2.05, 4.69) is 20.8 Å². The van der Waals surface area contributed by atoms with E-state index in [0.717, 1.165) is 27.8 Å². The molecule has 0 aliphatic heterocycles. The molecule has 1 rings (SSSR count). The molecular weight excluding hydrogens is 246 g/mol. The van der Waals surface area contributed by atoms with Gasteiger partial charge in [-0.15, -0.1) is 0 Å². The Labute approximate surface area is 92.3 Å². The van der Waals surface area contributed by atoms with Gasteiger partial charge in [0.2, 0.25) is 0 Å². The van der Waals surface area contributed by atoms with Gasteiger partial charge in [-0.05, 0) is 40.4 Å². The van der Waals surface area contributed by atoms with Gasteiger partial charge >= 0.3 is 0 Å². The van der Waals surface area contributed by atoms with Gasteiger partial charge in [-0.3, -0.25) is 0 Å². The van der Waals surface area contributed by atoms with Gasteiger partial charge in [0.1, 0.15) is 5.75 Å². The number of ether oxygens (including phenoxy) is 1. The topological polar surface area (TPSA) is 44.5 Å². The molecule has 0 aliphatic carbocycles. The second-order valence-electron chi connectivity index (χ2n) is 3.01. The van der Waals surface area contributed by atoms with E-state index < -0.39 is 0 Å². The average Bonchev–Trinajstić information content (AvgIpc) is 2.18. The molecule has 1 aromatic carbocycles. The number of methoxy groups -OCH3 is 1. The van der Waals surface area contributed by atoms with Crippen LogP contribution in [0.2, 0.25) is 0 Å². The third kappa shape index (κ3) is 2.47. The molecule has 0 aromatic heterocycles. The molecule has 0 unspecified atom stereocenters. The summed E-state index contributed by atoms with van der Waals surface area (Å²) in [5.74, 6) is 5.85. The van der Waals surface area contributed by atoms with Gasteiger partial charge in [-0.1, -0.05) is 12.1 Å². The zero-order chi connectivity index (χ0) is 10.6. The van der Waals surface area contributed by atoms with Crippen molar-refractivity contribution < 1.29 is 9.57 Å². The largest absolute Gasteiger partial charge is 0.495 e. The van der Waals surface area contributed by atoms with Crippen LogP contribution >= 0.6 is 15.9 Å². The Morgan fingerprint density at radius 3 is 2.71 bits per heavy atom. The van der Waals surface area contributed by atoms with Gasteiger partial charge in [0.15, 0.2) is 0 Å². The predicted molar refractivity (Wildman–Crippen MR) is 59.3 cm³/mol. The van der Waals surface area contributed by atoms with Crippen LogP contribution in [0, 0.1) is 6.92 Å². The minimum Gasteiger partial charge on any atom is -0.495 e. The molecule has 2 N–H and O–H groups in total. The zero-order valence-corrected chi connectivity index (χ0v) is 9.93. The summed E-state index contributed by atoms with van der Waals surface area (Å²) >= 11 is 3.50. The molecule has 0 radical (unpaired) electrons. The van der Waals surface area contributed by atoms with Crippen molar-refractivity contribution in [2.75, 3.05) is 13.7 Å². The van der Waals surface area contributed by atoms with Gasteiger partial charge < -0.3 is 9.57 Å². The van der Waals surface area contributed by atoms with Crippen molar-refractivity contribution in [3.8, 4) is 5.75 Å². The lowest BCUT2D eigenvalue weighted by atomic mass is 10.1. The first-order valence-electron chi connectivity index (χ1n) is 4.34. The predicted octanol–water partition coefficient (Wildman–Crippen LogP) is 2.20. The van der Waals surface area contributed by atoms with Crippen LogP contribution in [-0.2, 0) is 11.3 Å². The fourth-order valence-corrected chi connectivity index (χ4v) is 2.11. The molecule has 0 heterocycles. The molecule has 0 fully saturated rings. The van der Waals surface area contributed by atoms with Gasteiger partial charge in [-0.2, -0.15) is 0 Å². The lowest BCUT2D eigenvalue weighted by Crippen LogP contribution is -2.04. The fourth-order valence-electron chi connectivity index (χ4n) is 1.31. The molecule has 0 atom stereocenters. The summed E-state index contributed by atoms with van der Waals surface area (Å²) in [5.41, 5.74) is 2.25. The Morgan fingerprint density at radius 2 is 2.14 bits per heavy atom. The molecule has 1 aromatic rings. The molecule has 0 bridgehead atoms. The number of halogens is 1. The van der Waals surface area contributed by atoms with Crippen molar-refractivity contribution in [1.29, 1.82) is 0 Å². The first-order valence-corrected chi connectivity index (χ1v) is 5.13. The summed E-state index contributed by atoms with van der Waals surface area (Å²) < 4.78 is 6.26. The van der Waals surface area contributed by atoms with Crippen molar-refractivity contribution in [2.24, 2.45) is 5.90 Å². The third-order valence-corrected chi connectivity index (χ3v) is 2.94. The lowest BCUT2D eigenvalue weighted by Gasteiger charge is -2.11. The van der Waals surface area contributed by atoms with Crippen LogP contribution in [0.25, 0.3) is 0 Å². The van der Waals surface area contributed by atoms with Gasteiger partial charge in [0.05, 0.1) is 18.2 Å². The molecule has 0 aliphatic rings. The van der Waals surface area contributed by atoms with E-state index in [9.17, 15) is 0 Å². The summed E-state index contributed by atoms with van der Waals surface area (Å²) in [5, 5.41) is 0. The van der Waals surface area contributed by atoms with Crippen molar-refractivity contribution >= 4 is 15.9 Å². The minimum absolute atomic E-state index is 0.505. The second kappa shape index (κ2) is 5.34. The number of hydrogen-bond donors (Lipinski definition) is 1. The number of benzene rings is 1. The average molecular weight is 260 g/mol. The van der Waals surface area contributed by atoms with Crippen LogP contribution in [0.1, 0.15) is 11.1 Å². The van der Waals surface area contributed by atoms with Crippen LogP contribution in [0.15, 0.2) is 16.6 Å². The molecule has 78 valence electrons. The third-order valence-electron chi connectivity index (χ3n) is 2.07. The Hall–Kier alpha value is -0.580. The van der Waals surface area contributed by atoms with E-state index in [1.807, 2.05) is 19.1 Å².